The van der Waals surface area contributed by atoms with Crippen molar-refractivity contribution >= 4 is 33.8 Å². The molecule has 9 nitrogen and oxygen atoms in total. The van der Waals surface area contributed by atoms with Crippen LogP contribution in [-0.4, -0.2) is 64.0 Å². The molecule has 1 aliphatic heterocycles. The maximum Gasteiger partial charge on any atom is 0.416 e. The fourth-order valence-corrected chi connectivity index (χ4v) is 4.83. The summed E-state index contributed by atoms with van der Waals surface area (Å²) in [6.07, 6.45) is -1.24. The highest BCUT2D eigenvalue weighted by Crippen LogP contribution is 2.35. The fraction of sp³-hybridized carbons (Fsp3) is 0.280. The molecule has 2 aromatic heterocycles. The molecule has 3 N–H and O–H groups in total. The van der Waals surface area contributed by atoms with Crippen molar-refractivity contribution in [3.8, 4) is 16.3 Å². The summed E-state index contributed by atoms with van der Waals surface area (Å²) in [5.74, 6) is -0.537. The maximum atomic E-state index is 13.7. The first kappa shape index (κ1) is 25.7. The van der Waals surface area contributed by atoms with E-state index in [-0.39, 0.29) is 11.3 Å². The van der Waals surface area contributed by atoms with Crippen molar-refractivity contribution in [2.75, 3.05) is 49.2 Å². The van der Waals surface area contributed by atoms with Crippen LogP contribution in [0.25, 0.3) is 16.3 Å². The van der Waals surface area contributed by atoms with Crippen molar-refractivity contribution in [1.82, 2.24) is 24.9 Å². The zero-order valence-corrected chi connectivity index (χ0v) is 21.5. The number of nitrogens with one attached hydrogen (secondary N) is 1. The summed E-state index contributed by atoms with van der Waals surface area (Å²) in [5.41, 5.74) is 7.68. The lowest BCUT2D eigenvalue weighted by Crippen LogP contribution is -2.44. The van der Waals surface area contributed by atoms with Crippen LogP contribution in [0.5, 0.6) is 0 Å². The number of rotatable bonds is 5. The summed E-state index contributed by atoms with van der Waals surface area (Å²) >= 11 is 1.28. The zero-order chi connectivity index (χ0) is 27.0. The first-order valence-corrected chi connectivity index (χ1v) is 12.6. The van der Waals surface area contributed by atoms with Crippen molar-refractivity contribution in [3.63, 3.8) is 0 Å². The smallest absolute Gasteiger partial charge is 0.375 e. The summed E-state index contributed by atoms with van der Waals surface area (Å²) < 4.78 is 42.6. The minimum atomic E-state index is -4.55. The molecular weight excluding hydrogens is 517 g/mol. The Kier molecular flexibility index (Phi) is 6.80. The van der Waals surface area contributed by atoms with Gasteiger partial charge in [-0.15, -0.1) is 5.10 Å². The standard InChI is InChI=1S/C25H25F3N8OS/c1-15-3-4-16(9-21(15)36-14-20(32-33-36)22-13-30-24(29)38-22)23(37)31-18-10-17(25(26,27)28)11-19(12-18)35-7-5-34(2)6-8-35/h3-4,9-14H,5-8H2,1-2H3,(H2,29,30)(H,31,37). The van der Waals surface area contributed by atoms with Gasteiger partial charge in [0.25, 0.3) is 5.91 Å². The van der Waals surface area contributed by atoms with Gasteiger partial charge in [-0.3, -0.25) is 4.79 Å². The predicted octanol–water partition coefficient (Wildman–Crippen LogP) is 4.30. The third kappa shape index (κ3) is 5.48. The zero-order valence-electron chi connectivity index (χ0n) is 20.7. The number of aryl methyl sites for hydroxylation is 1. The van der Waals surface area contributed by atoms with Crippen LogP contribution in [-0.2, 0) is 6.18 Å². The van der Waals surface area contributed by atoms with Crippen LogP contribution in [0.1, 0.15) is 21.5 Å². The van der Waals surface area contributed by atoms with Gasteiger partial charge in [-0.25, -0.2) is 9.67 Å². The van der Waals surface area contributed by atoms with E-state index in [0.717, 1.165) is 35.7 Å². The number of hydrogen-bond donors (Lipinski definition) is 2. The molecule has 0 atom stereocenters. The topological polar surface area (TPSA) is 105 Å². The number of carbonyl (C=O) groups is 1. The SMILES string of the molecule is Cc1ccc(C(=O)Nc2cc(N3CCN(C)CC3)cc(C(F)(F)F)c2)cc1-n1cc(-c2cnc(N)s2)nn1. The second-order valence-electron chi connectivity index (χ2n) is 9.12. The quantitative estimate of drug-likeness (QED) is 0.387. The molecule has 0 radical (unpaired) electrons. The van der Waals surface area contributed by atoms with E-state index in [4.69, 9.17) is 5.73 Å². The predicted molar refractivity (Wildman–Crippen MR) is 141 cm³/mol. The number of thiazole rings is 1. The molecule has 1 amide bonds. The molecule has 3 heterocycles. The number of aromatic nitrogens is 4. The Labute approximate surface area is 220 Å². The molecule has 0 bridgehead atoms. The van der Waals surface area contributed by atoms with Gasteiger partial charge < -0.3 is 20.9 Å². The largest absolute Gasteiger partial charge is 0.416 e. The minimum Gasteiger partial charge on any atom is -0.375 e. The summed E-state index contributed by atoms with van der Waals surface area (Å²) in [5, 5.41) is 11.4. The number of nitrogen functional groups attached to an aromatic ring is 1. The molecule has 2 aromatic carbocycles. The number of likely N-dealkylation sites (N-methyl/N-ethyl adjacent to an activating group) is 1. The number of amides is 1. The molecule has 0 saturated carbocycles. The molecule has 1 saturated heterocycles. The van der Waals surface area contributed by atoms with E-state index >= 15 is 0 Å². The van der Waals surface area contributed by atoms with Gasteiger partial charge >= 0.3 is 6.18 Å². The molecular formula is C25H25F3N8OS. The number of piperazine rings is 1. The normalized spacial score (nSPS) is 14.6. The lowest BCUT2D eigenvalue weighted by molar-refractivity contribution is -0.137. The molecule has 0 aliphatic carbocycles. The second-order valence-corrected chi connectivity index (χ2v) is 10.2. The number of nitrogens with zero attached hydrogens (tertiary/aromatic N) is 6. The lowest BCUT2D eigenvalue weighted by Gasteiger charge is -2.34. The summed E-state index contributed by atoms with van der Waals surface area (Å²) in [7, 11) is 1.97. The first-order valence-electron chi connectivity index (χ1n) is 11.8. The molecule has 38 heavy (non-hydrogen) atoms. The van der Waals surface area contributed by atoms with Crippen molar-refractivity contribution < 1.29 is 18.0 Å². The van der Waals surface area contributed by atoms with Gasteiger partial charge in [-0.2, -0.15) is 13.2 Å². The van der Waals surface area contributed by atoms with E-state index in [9.17, 15) is 18.0 Å². The number of halogens is 3. The van der Waals surface area contributed by atoms with Crippen LogP contribution in [0.3, 0.4) is 0 Å². The fourth-order valence-electron chi connectivity index (χ4n) is 4.20. The van der Waals surface area contributed by atoms with E-state index in [2.05, 4.69) is 25.5 Å². The minimum absolute atomic E-state index is 0.0757. The van der Waals surface area contributed by atoms with Crippen LogP contribution in [0.2, 0.25) is 0 Å². The summed E-state index contributed by atoms with van der Waals surface area (Å²) in [6.45, 7) is 4.54. The average Bonchev–Trinajstić information content (AvgIpc) is 3.53. The van der Waals surface area contributed by atoms with Crippen molar-refractivity contribution in [2.24, 2.45) is 0 Å². The summed E-state index contributed by atoms with van der Waals surface area (Å²) in [6, 6.07) is 8.65. The molecule has 1 fully saturated rings. The van der Waals surface area contributed by atoms with Crippen LogP contribution < -0.4 is 16.0 Å². The van der Waals surface area contributed by atoms with E-state index < -0.39 is 17.6 Å². The Bertz CT molecular complexity index is 1470. The van der Waals surface area contributed by atoms with Gasteiger partial charge in [0.05, 0.1) is 22.3 Å². The molecule has 5 rings (SSSR count). The number of benzene rings is 2. The van der Waals surface area contributed by atoms with Crippen LogP contribution in [0.15, 0.2) is 48.8 Å². The molecule has 0 spiro atoms. The third-order valence-electron chi connectivity index (χ3n) is 6.36. The highest BCUT2D eigenvalue weighted by atomic mass is 32.1. The summed E-state index contributed by atoms with van der Waals surface area (Å²) in [4.78, 5) is 21.9. The van der Waals surface area contributed by atoms with Crippen LogP contribution in [0.4, 0.5) is 29.7 Å². The van der Waals surface area contributed by atoms with Gasteiger partial charge in [0.2, 0.25) is 0 Å². The second kappa shape index (κ2) is 10.1. The first-order chi connectivity index (χ1) is 18.1. The van der Waals surface area contributed by atoms with Gasteiger partial charge in [0, 0.05) is 49.3 Å². The van der Waals surface area contributed by atoms with Gasteiger partial charge in [-0.1, -0.05) is 22.6 Å². The number of hydrogen-bond acceptors (Lipinski definition) is 8. The third-order valence-corrected chi connectivity index (χ3v) is 7.21. The van der Waals surface area contributed by atoms with Crippen molar-refractivity contribution in [2.45, 2.75) is 13.1 Å². The van der Waals surface area contributed by atoms with E-state index in [0.29, 0.717) is 35.3 Å². The van der Waals surface area contributed by atoms with Gasteiger partial charge in [0.1, 0.15) is 5.69 Å². The highest BCUT2D eigenvalue weighted by Gasteiger charge is 2.32. The van der Waals surface area contributed by atoms with Crippen LogP contribution in [0, 0.1) is 6.92 Å². The number of alkyl halides is 3. The van der Waals surface area contributed by atoms with Crippen molar-refractivity contribution in [1.29, 1.82) is 0 Å². The Hall–Kier alpha value is -3.97. The van der Waals surface area contributed by atoms with Crippen LogP contribution >= 0.6 is 11.3 Å². The molecule has 198 valence electrons. The van der Waals surface area contributed by atoms with E-state index in [1.165, 1.54) is 16.0 Å². The van der Waals surface area contributed by atoms with E-state index in [1.54, 1.807) is 36.7 Å². The van der Waals surface area contributed by atoms with E-state index in [1.807, 2.05) is 18.9 Å². The number of nitrogens with two attached hydrogens (primary N) is 1. The maximum absolute atomic E-state index is 13.7. The highest BCUT2D eigenvalue weighted by molar-refractivity contribution is 7.18. The Morgan fingerprint density at radius 2 is 1.87 bits per heavy atom. The molecule has 13 heteroatoms. The molecule has 4 aromatic rings. The Morgan fingerprint density at radius 3 is 2.55 bits per heavy atom. The lowest BCUT2D eigenvalue weighted by atomic mass is 10.1. The van der Waals surface area contributed by atoms with Crippen molar-refractivity contribution in [3.05, 3.63) is 65.5 Å². The Morgan fingerprint density at radius 1 is 1.11 bits per heavy atom. The average molecular weight is 543 g/mol. The molecule has 0 unspecified atom stereocenters. The number of anilines is 3. The number of carbonyl (C=O) groups excluding carboxylic acids is 1. The van der Waals surface area contributed by atoms with Gasteiger partial charge in [0.15, 0.2) is 5.13 Å². The van der Waals surface area contributed by atoms with Gasteiger partial charge in [-0.05, 0) is 49.9 Å². The Balaban J connectivity index is 1.41. The monoisotopic (exact) mass is 542 g/mol. The molecule has 1 aliphatic rings.